The van der Waals surface area contributed by atoms with E-state index in [1.807, 2.05) is 0 Å². The van der Waals surface area contributed by atoms with E-state index < -0.39 is 4.92 Å². The van der Waals surface area contributed by atoms with Gasteiger partial charge in [0.15, 0.2) is 0 Å². The number of likely N-dealkylation sites (tertiary alicyclic amines) is 1. The molecule has 1 fully saturated rings. The minimum absolute atomic E-state index is 0.0476. The third kappa shape index (κ3) is 2.94. The lowest BCUT2D eigenvalue weighted by atomic mass is 10.2. The number of hydrogen-bond acceptors (Lipinski definition) is 4. The number of halogens is 1. The number of benzene rings is 1. The summed E-state index contributed by atoms with van der Waals surface area (Å²) in [5.74, 6) is 0. The Morgan fingerprint density at radius 1 is 1.59 bits per heavy atom. The molecule has 0 amide bonds. The summed E-state index contributed by atoms with van der Waals surface area (Å²) in [7, 11) is 0. The summed E-state index contributed by atoms with van der Waals surface area (Å²) in [5.41, 5.74) is 6.75. The third-order valence-corrected chi connectivity index (χ3v) is 3.23. The summed E-state index contributed by atoms with van der Waals surface area (Å²) in [6.07, 6.45) is 1.00. The van der Waals surface area contributed by atoms with Crippen LogP contribution >= 0.6 is 11.6 Å². The van der Waals surface area contributed by atoms with E-state index in [1.54, 1.807) is 12.1 Å². The maximum Gasteiger partial charge on any atom is 0.287 e. The van der Waals surface area contributed by atoms with Gasteiger partial charge in [-0.1, -0.05) is 17.7 Å². The largest absolute Gasteiger partial charge is 0.326 e. The first kappa shape index (κ1) is 12.3. The van der Waals surface area contributed by atoms with E-state index in [-0.39, 0.29) is 16.8 Å². The smallest absolute Gasteiger partial charge is 0.287 e. The Morgan fingerprint density at radius 3 is 2.88 bits per heavy atom. The van der Waals surface area contributed by atoms with Gasteiger partial charge in [-0.05, 0) is 18.1 Å². The number of nitro benzene ring substituents is 1. The molecular weight excluding hydrogens is 242 g/mol. The van der Waals surface area contributed by atoms with Crippen LogP contribution in [0.1, 0.15) is 12.0 Å². The van der Waals surface area contributed by atoms with Crippen LogP contribution in [0.2, 0.25) is 5.02 Å². The van der Waals surface area contributed by atoms with Crippen LogP contribution in [-0.2, 0) is 6.54 Å². The Kier molecular flexibility index (Phi) is 3.61. The number of rotatable bonds is 3. The van der Waals surface area contributed by atoms with Crippen LogP contribution in [0.3, 0.4) is 0 Å². The zero-order chi connectivity index (χ0) is 12.4. The van der Waals surface area contributed by atoms with Crippen LogP contribution in [0, 0.1) is 10.1 Å². The Labute approximate surface area is 104 Å². The van der Waals surface area contributed by atoms with Gasteiger partial charge in [0.2, 0.25) is 0 Å². The molecule has 6 heteroatoms. The van der Waals surface area contributed by atoms with Crippen molar-refractivity contribution in [3.8, 4) is 0 Å². The molecular formula is C11H14ClN3O2. The summed E-state index contributed by atoms with van der Waals surface area (Å²) in [4.78, 5) is 12.4. The molecule has 1 heterocycles. The summed E-state index contributed by atoms with van der Waals surface area (Å²) in [6.45, 7) is 2.58. The molecule has 0 spiro atoms. The molecule has 17 heavy (non-hydrogen) atoms. The second-order valence-corrected chi connectivity index (χ2v) is 4.73. The third-order valence-electron chi connectivity index (χ3n) is 2.92. The molecule has 0 saturated carbocycles. The molecule has 1 aliphatic heterocycles. The van der Waals surface area contributed by atoms with Crippen molar-refractivity contribution in [3.63, 3.8) is 0 Å². The Morgan fingerprint density at radius 2 is 2.35 bits per heavy atom. The number of hydrogen-bond donors (Lipinski definition) is 1. The van der Waals surface area contributed by atoms with Crippen LogP contribution in [0.15, 0.2) is 18.2 Å². The van der Waals surface area contributed by atoms with Gasteiger partial charge in [-0.3, -0.25) is 15.0 Å². The predicted molar refractivity (Wildman–Crippen MR) is 66.0 cm³/mol. The number of nitrogens with zero attached hydrogens (tertiary/aromatic N) is 2. The molecule has 1 atom stereocenters. The monoisotopic (exact) mass is 255 g/mol. The summed E-state index contributed by atoms with van der Waals surface area (Å²) >= 11 is 5.85. The van der Waals surface area contributed by atoms with Crippen molar-refractivity contribution in [2.24, 2.45) is 5.73 Å². The van der Waals surface area contributed by atoms with Crippen molar-refractivity contribution in [1.29, 1.82) is 0 Å². The lowest BCUT2D eigenvalue weighted by molar-refractivity contribution is -0.384. The average molecular weight is 256 g/mol. The van der Waals surface area contributed by atoms with Crippen LogP contribution in [-0.4, -0.2) is 29.0 Å². The molecule has 5 nitrogen and oxygen atoms in total. The Balaban J connectivity index is 2.07. The minimum Gasteiger partial charge on any atom is -0.326 e. The maximum atomic E-state index is 10.6. The molecule has 1 aromatic carbocycles. The van der Waals surface area contributed by atoms with Crippen LogP contribution in [0.5, 0.6) is 0 Å². The fraction of sp³-hybridized carbons (Fsp3) is 0.455. The number of nitrogens with two attached hydrogens (primary N) is 1. The van der Waals surface area contributed by atoms with E-state index in [0.29, 0.717) is 0 Å². The van der Waals surface area contributed by atoms with Gasteiger partial charge in [0.1, 0.15) is 5.02 Å². The first-order valence-electron chi connectivity index (χ1n) is 5.47. The second kappa shape index (κ2) is 5.00. The summed E-state index contributed by atoms with van der Waals surface area (Å²) in [5, 5.41) is 10.8. The molecule has 0 aliphatic carbocycles. The van der Waals surface area contributed by atoms with E-state index in [4.69, 9.17) is 17.3 Å². The Bertz CT molecular complexity index is 439. The quantitative estimate of drug-likeness (QED) is 0.660. The minimum atomic E-state index is -0.474. The molecule has 1 saturated heterocycles. The average Bonchev–Trinajstić information content (AvgIpc) is 2.63. The highest BCUT2D eigenvalue weighted by Gasteiger charge is 2.20. The van der Waals surface area contributed by atoms with Crippen LogP contribution in [0.4, 0.5) is 5.69 Å². The number of nitro groups is 1. The normalized spacial score (nSPS) is 20.7. The van der Waals surface area contributed by atoms with Crippen molar-refractivity contribution in [3.05, 3.63) is 38.9 Å². The van der Waals surface area contributed by atoms with E-state index in [2.05, 4.69) is 4.90 Å². The molecule has 1 aromatic rings. The lowest BCUT2D eigenvalue weighted by Crippen LogP contribution is -2.26. The van der Waals surface area contributed by atoms with Crippen molar-refractivity contribution in [2.75, 3.05) is 13.1 Å². The molecule has 0 aromatic heterocycles. The maximum absolute atomic E-state index is 10.6. The highest BCUT2D eigenvalue weighted by atomic mass is 35.5. The molecule has 1 aliphatic rings. The highest BCUT2D eigenvalue weighted by Crippen LogP contribution is 2.26. The van der Waals surface area contributed by atoms with Gasteiger partial charge < -0.3 is 5.73 Å². The van der Waals surface area contributed by atoms with Gasteiger partial charge in [0, 0.05) is 31.7 Å². The van der Waals surface area contributed by atoms with Gasteiger partial charge in [0.25, 0.3) is 5.69 Å². The van der Waals surface area contributed by atoms with Crippen molar-refractivity contribution in [1.82, 2.24) is 4.90 Å². The van der Waals surface area contributed by atoms with E-state index in [9.17, 15) is 10.1 Å². The van der Waals surface area contributed by atoms with Crippen molar-refractivity contribution < 1.29 is 4.92 Å². The predicted octanol–water partition coefficient (Wildman–Crippen LogP) is 1.78. The summed E-state index contributed by atoms with van der Waals surface area (Å²) < 4.78 is 0. The van der Waals surface area contributed by atoms with Crippen molar-refractivity contribution >= 4 is 17.3 Å². The summed E-state index contributed by atoms with van der Waals surface area (Å²) in [6, 6.07) is 5.09. The topological polar surface area (TPSA) is 72.4 Å². The Hall–Kier alpha value is -1.17. The van der Waals surface area contributed by atoms with Gasteiger partial charge in [-0.15, -0.1) is 0 Å². The highest BCUT2D eigenvalue weighted by molar-refractivity contribution is 6.32. The van der Waals surface area contributed by atoms with Crippen LogP contribution in [0.25, 0.3) is 0 Å². The zero-order valence-electron chi connectivity index (χ0n) is 9.30. The van der Waals surface area contributed by atoms with E-state index in [1.165, 1.54) is 6.07 Å². The zero-order valence-corrected chi connectivity index (χ0v) is 10.1. The fourth-order valence-corrected chi connectivity index (χ4v) is 2.33. The van der Waals surface area contributed by atoms with E-state index >= 15 is 0 Å². The van der Waals surface area contributed by atoms with Gasteiger partial charge in [-0.2, -0.15) is 0 Å². The fourth-order valence-electron chi connectivity index (χ4n) is 2.06. The first-order chi connectivity index (χ1) is 8.06. The molecule has 2 N–H and O–H groups in total. The molecule has 0 unspecified atom stereocenters. The van der Waals surface area contributed by atoms with Crippen LogP contribution < -0.4 is 5.73 Å². The second-order valence-electron chi connectivity index (χ2n) is 4.33. The van der Waals surface area contributed by atoms with Gasteiger partial charge in [-0.25, -0.2) is 0 Å². The molecule has 2 rings (SSSR count). The SMILES string of the molecule is N[C@H]1CCN(Cc2ccc([N+](=O)[O-])c(Cl)c2)C1. The molecule has 92 valence electrons. The van der Waals surface area contributed by atoms with Gasteiger partial charge >= 0.3 is 0 Å². The van der Waals surface area contributed by atoms with E-state index in [0.717, 1.165) is 31.6 Å². The standard InChI is InChI=1S/C11H14ClN3O2/c12-10-5-8(1-2-11(10)15(16)17)6-14-4-3-9(13)7-14/h1-2,5,9H,3-4,6-7,13H2/t9-/m0/s1. The molecule has 0 radical (unpaired) electrons. The lowest BCUT2D eigenvalue weighted by Gasteiger charge is -2.15. The van der Waals surface area contributed by atoms with Crippen molar-refractivity contribution in [2.45, 2.75) is 19.0 Å². The first-order valence-corrected chi connectivity index (χ1v) is 5.85. The molecule has 0 bridgehead atoms. The van der Waals surface area contributed by atoms with Gasteiger partial charge in [0.05, 0.1) is 4.92 Å².